The third-order valence-electron chi connectivity index (χ3n) is 4.35. The SMILES string of the molecule is CCOc1ccc2nnc(Sc3ccc4nc(NC(=O)C5CC5)cn4n3)n2c1. The van der Waals surface area contributed by atoms with Crippen molar-refractivity contribution in [3.8, 4) is 5.75 Å². The highest BCUT2D eigenvalue weighted by Gasteiger charge is 2.30. The molecule has 0 atom stereocenters. The Kier molecular flexibility index (Phi) is 4.12. The van der Waals surface area contributed by atoms with Gasteiger partial charge in [-0.2, -0.15) is 5.10 Å². The monoisotopic (exact) mass is 395 g/mol. The molecule has 5 rings (SSSR count). The van der Waals surface area contributed by atoms with Gasteiger partial charge in [0.2, 0.25) is 11.1 Å². The molecule has 9 nitrogen and oxygen atoms in total. The third kappa shape index (κ3) is 3.26. The van der Waals surface area contributed by atoms with Crippen LogP contribution in [0.5, 0.6) is 5.75 Å². The van der Waals surface area contributed by atoms with E-state index in [0.29, 0.717) is 23.2 Å². The van der Waals surface area contributed by atoms with Crippen molar-refractivity contribution in [3.63, 3.8) is 0 Å². The van der Waals surface area contributed by atoms with Gasteiger partial charge in [-0.05, 0) is 55.8 Å². The predicted octanol–water partition coefficient (Wildman–Crippen LogP) is 2.67. The minimum absolute atomic E-state index is 0.0260. The number of ether oxygens (including phenoxy) is 1. The number of hydrogen-bond donors (Lipinski definition) is 1. The molecule has 0 radical (unpaired) electrons. The standard InChI is InChI=1S/C18H17N7O2S/c1-2-27-12-5-6-15-21-22-18(24(15)9-12)28-16-8-7-14-19-13(10-25(14)23-16)20-17(26)11-3-4-11/h5-11H,2-4H2,1H3,(H,20,26). The first kappa shape index (κ1) is 17.0. The fourth-order valence-corrected chi connectivity index (χ4v) is 3.60. The number of fused-ring (bicyclic) bond motifs is 2. The Morgan fingerprint density at radius 2 is 2.07 bits per heavy atom. The Morgan fingerprint density at radius 3 is 2.89 bits per heavy atom. The molecule has 4 aromatic rings. The maximum atomic E-state index is 11.9. The Labute approximate surface area is 164 Å². The van der Waals surface area contributed by atoms with Crippen molar-refractivity contribution in [1.82, 2.24) is 29.2 Å². The number of imidazole rings is 1. The van der Waals surface area contributed by atoms with Crippen LogP contribution in [-0.4, -0.2) is 41.7 Å². The summed E-state index contributed by atoms with van der Waals surface area (Å²) >= 11 is 1.39. The molecule has 1 amide bonds. The molecule has 1 N–H and O–H groups in total. The average molecular weight is 395 g/mol. The smallest absolute Gasteiger partial charge is 0.228 e. The zero-order valence-electron chi connectivity index (χ0n) is 15.1. The molecule has 0 unspecified atom stereocenters. The van der Waals surface area contributed by atoms with Crippen LogP contribution in [0.4, 0.5) is 5.82 Å². The third-order valence-corrected chi connectivity index (χ3v) is 5.23. The van der Waals surface area contributed by atoms with E-state index in [9.17, 15) is 4.79 Å². The summed E-state index contributed by atoms with van der Waals surface area (Å²) < 4.78 is 9.08. The number of rotatable bonds is 6. The minimum atomic E-state index is 0.0260. The molecule has 0 spiro atoms. The lowest BCUT2D eigenvalue weighted by Crippen LogP contribution is -2.13. The maximum absolute atomic E-state index is 11.9. The van der Waals surface area contributed by atoms with E-state index in [-0.39, 0.29) is 11.8 Å². The molecule has 0 aromatic carbocycles. The van der Waals surface area contributed by atoms with Gasteiger partial charge in [-0.25, -0.2) is 9.50 Å². The minimum Gasteiger partial charge on any atom is -0.492 e. The van der Waals surface area contributed by atoms with Crippen LogP contribution in [0.2, 0.25) is 0 Å². The lowest BCUT2D eigenvalue weighted by atomic mass is 10.4. The van der Waals surface area contributed by atoms with Gasteiger partial charge in [0, 0.05) is 5.92 Å². The van der Waals surface area contributed by atoms with Gasteiger partial charge in [-0.15, -0.1) is 10.2 Å². The highest BCUT2D eigenvalue weighted by atomic mass is 32.2. The van der Waals surface area contributed by atoms with Crippen LogP contribution in [0, 0.1) is 5.92 Å². The second-order valence-corrected chi connectivity index (χ2v) is 7.46. The number of pyridine rings is 1. The van der Waals surface area contributed by atoms with Gasteiger partial charge in [0.05, 0.1) is 19.0 Å². The van der Waals surface area contributed by atoms with Crippen LogP contribution in [-0.2, 0) is 4.79 Å². The van der Waals surface area contributed by atoms with Gasteiger partial charge >= 0.3 is 0 Å². The van der Waals surface area contributed by atoms with Gasteiger partial charge in [0.25, 0.3) is 0 Å². The maximum Gasteiger partial charge on any atom is 0.228 e. The van der Waals surface area contributed by atoms with Gasteiger partial charge in [0.15, 0.2) is 17.1 Å². The normalized spacial score (nSPS) is 13.9. The van der Waals surface area contributed by atoms with Crippen molar-refractivity contribution >= 4 is 34.8 Å². The van der Waals surface area contributed by atoms with Gasteiger partial charge in [0.1, 0.15) is 10.8 Å². The zero-order chi connectivity index (χ0) is 19.1. The Bertz CT molecular complexity index is 1180. The summed E-state index contributed by atoms with van der Waals surface area (Å²) in [5, 5.41) is 17.2. The lowest BCUT2D eigenvalue weighted by Gasteiger charge is -2.04. The fourth-order valence-electron chi connectivity index (χ4n) is 2.82. The molecule has 1 aliphatic rings. The van der Waals surface area contributed by atoms with Crippen molar-refractivity contribution in [2.75, 3.05) is 11.9 Å². The van der Waals surface area contributed by atoms with Crippen molar-refractivity contribution in [3.05, 3.63) is 36.7 Å². The summed E-state index contributed by atoms with van der Waals surface area (Å²) in [6.45, 7) is 2.53. The molecule has 0 aliphatic heterocycles. The van der Waals surface area contributed by atoms with E-state index in [4.69, 9.17) is 4.74 Å². The van der Waals surface area contributed by atoms with E-state index in [2.05, 4.69) is 25.6 Å². The molecule has 1 aliphatic carbocycles. The van der Waals surface area contributed by atoms with Crippen molar-refractivity contribution in [1.29, 1.82) is 0 Å². The molecular weight excluding hydrogens is 378 g/mol. The molecule has 4 heterocycles. The molecular formula is C18H17N7O2S. The number of anilines is 1. The summed E-state index contributed by atoms with van der Waals surface area (Å²) in [5.74, 6) is 1.43. The lowest BCUT2D eigenvalue weighted by molar-refractivity contribution is -0.117. The molecule has 142 valence electrons. The van der Waals surface area contributed by atoms with E-state index in [1.54, 1.807) is 10.7 Å². The second-order valence-electron chi connectivity index (χ2n) is 6.47. The van der Waals surface area contributed by atoms with Crippen LogP contribution < -0.4 is 10.1 Å². The van der Waals surface area contributed by atoms with Gasteiger partial charge in [-0.1, -0.05) is 0 Å². The van der Waals surface area contributed by atoms with E-state index >= 15 is 0 Å². The average Bonchev–Trinajstić information content (AvgIpc) is 3.37. The number of carbonyl (C=O) groups is 1. The van der Waals surface area contributed by atoms with Crippen molar-refractivity contribution in [2.45, 2.75) is 29.9 Å². The van der Waals surface area contributed by atoms with E-state index in [0.717, 1.165) is 29.3 Å². The largest absolute Gasteiger partial charge is 0.492 e. The van der Waals surface area contributed by atoms with Crippen LogP contribution in [0.15, 0.2) is 46.8 Å². The molecule has 10 heteroatoms. The molecule has 28 heavy (non-hydrogen) atoms. The Morgan fingerprint density at radius 1 is 1.21 bits per heavy atom. The van der Waals surface area contributed by atoms with E-state index < -0.39 is 0 Å². The number of hydrogen-bond acceptors (Lipinski definition) is 7. The molecule has 4 aromatic heterocycles. The van der Waals surface area contributed by atoms with Gasteiger partial charge < -0.3 is 10.1 Å². The first-order chi connectivity index (χ1) is 13.7. The van der Waals surface area contributed by atoms with Crippen molar-refractivity contribution < 1.29 is 9.53 Å². The van der Waals surface area contributed by atoms with E-state index in [1.165, 1.54) is 11.8 Å². The molecule has 1 fully saturated rings. The number of aromatic nitrogens is 6. The fraction of sp³-hybridized carbons (Fsp3) is 0.278. The summed E-state index contributed by atoms with van der Waals surface area (Å²) in [4.78, 5) is 16.3. The van der Waals surface area contributed by atoms with E-state index in [1.807, 2.05) is 41.8 Å². The second kappa shape index (κ2) is 6.79. The first-order valence-electron chi connectivity index (χ1n) is 9.02. The number of nitrogens with zero attached hydrogens (tertiary/aromatic N) is 6. The zero-order valence-corrected chi connectivity index (χ0v) is 15.9. The number of carbonyl (C=O) groups excluding carboxylic acids is 1. The predicted molar refractivity (Wildman–Crippen MR) is 103 cm³/mol. The van der Waals surface area contributed by atoms with Crippen LogP contribution in [0.3, 0.4) is 0 Å². The summed E-state index contributed by atoms with van der Waals surface area (Å²) in [6, 6.07) is 7.46. The van der Waals surface area contributed by atoms with Crippen molar-refractivity contribution in [2.24, 2.45) is 5.92 Å². The highest BCUT2D eigenvalue weighted by Crippen LogP contribution is 2.30. The highest BCUT2D eigenvalue weighted by molar-refractivity contribution is 7.99. The van der Waals surface area contributed by atoms with Crippen LogP contribution >= 0.6 is 11.8 Å². The van der Waals surface area contributed by atoms with Gasteiger partial charge in [-0.3, -0.25) is 9.20 Å². The Balaban J connectivity index is 1.40. The quantitative estimate of drug-likeness (QED) is 0.536. The first-order valence-corrected chi connectivity index (χ1v) is 9.84. The van der Waals surface area contributed by atoms with Crippen LogP contribution in [0.1, 0.15) is 19.8 Å². The van der Waals surface area contributed by atoms with Crippen LogP contribution in [0.25, 0.3) is 11.3 Å². The summed E-state index contributed by atoms with van der Waals surface area (Å²) in [5.41, 5.74) is 1.40. The number of nitrogens with one attached hydrogen (secondary N) is 1. The molecule has 0 bridgehead atoms. The topological polar surface area (TPSA) is 98.7 Å². The summed E-state index contributed by atoms with van der Waals surface area (Å²) in [6.07, 6.45) is 5.49. The molecule has 0 saturated heterocycles. The Hall–Kier alpha value is -3.14. The summed E-state index contributed by atoms with van der Waals surface area (Å²) in [7, 11) is 0. The number of amides is 1. The molecule has 1 saturated carbocycles.